The molecular weight excluding hydrogens is 209 g/mol. The zero-order valence-corrected chi connectivity index (χ0v) is 9.07. The Labute approximate surface area is 92.3 Å². The lowest BCUT2D eigenvalue weighted by molar-refractivity contribution is 0.480. The van der Waals surface area contributed by atoms with Gasteiger partial charge in [-0.1, -0.05) is 13.8 Å². The van der Waals surface area contributed by atoms with Crippen molar-refractivity contribution >= 4 is 5.69 Å². The quantitative estimate of drug-likeness (QED) is 0.791. The molecule has 5 heteroatoms. The average Bonchev–Trinajstić information content (AvgIpc) is 2.64. The summed E-state index contributed by atoms with van der Waals surface area (Å²) in [5.41, 5.74) is 6.36. The molecule has 0 aliphatic carbocycles. The van der Waals surface area contributed by atoms with Gasteiger partial charge in [0.15, 0.2) is 0 Å². The van der Waals surface area contributed by atoms with Gasteiger partial charge in [0.2, 0.25) is 11.8 Å². The second-order valence-corrected chi connectivity index (χ2v) is 3.87. The van der Waals surface area contributed by atoms with Crippen LogP contribution in [-0.2, 0) is 0 Å². The lowest BCUT2D eigenvalue weighted by Crippen LogP contribution is -1.88. The van der Waals surface area contributed by atoms with Crippen molar-refractivity contribution in [1.29, 1.82) is 0 Å². The average molecular weight is 221 g/mol. The third-order valence-electron chi connectivity index (χ3n) is 2.10. The summed E-state index contributed by atoms with van der Waals surface area (Å²) in [5, 5.41) is 7.72. The van der Waals surface area contributed by atoms with Gasteiger partial charge >= 0.3 is 0 Å². The number of aromatic nitrogens is 2. The molecule has 0 aliphatic heterocycles. The molecule has 0 spiro atoms. The second-order valence-electron chi connectivity index (χ2n) is 3.87. The van der Waals surface area contributed by atoms with Crippen LogP contribution >= 0.6 is 0 Å². The van der Waals surface area contributed by atoms with Crippen molar-refractivity contribution in [1.82, 2.24) is 10.2 Å². The molecule has 0 bridgehead atoms. The third-order valence-corrected chi connectivity index (χ3v) is 2.10. The van der Waals surface area contributed by atoms with Crippen LogP contribution in [0.4, 0.5) is 10.1 Å². The van der Waals surface area contributed by atoms with E-state index in [1.54, 1.807) is 6.07 Å². The Morgan fingerprint density at radius 1 is 1.25 bits per heavy atom. The Bertz CT molecular complexity index is 487. The Morgan fingerprint density at radius 2 is 2.00 bits per heavy atom. The minimum atomic E-state index is -0.417. The molecule has 0 radical (unpaired) electrons. The molecule has 0 saturated carbocycles. The molecule has 0 unspecified atom stereocenters. The summed E-state index contributed by atoms with van der Waals surface area (Å²) < 4.78 is 18.5. The van der Waals surface area contributed by atoms with Gasteiger partial charge in [0.25, 0.3) is 0 Å². The predicted octanol–water partition coefficient (Wildman–Crippen LogP) is 2.58. The van der Waals surface area contributed by atoms with Crippen molar-refractivity contribution in [3.63, 3.8) is 0 Å². The van der Waals surface area contributed by atoms with Crippen LogP contribution in [0.3, 0.4) is 0 Å². The van der Waals surface area contributed by atoms with E-state index in [4.69, 9.17) is 10.2 Å². The van der Waals surface area contributed by atoms with Crippen LogP contribution in [0.25, 0.3) is 11.5 Å². The molecule has 0 fully saturated rings. The maximum absolute atomic E-state index is 13.1. The standard InChI is InChI=1S/C11H12FN3O/c1-6(2)10-14-15-11(16-10)7-3-8(12)5-9(13)4-7/h3-6H,13H2,1-2H3. The largest absolute Gasteiger partial charge is 0.420 e. The van der Waals surface area contributed by atoms with Crippen LogP contribution in [0.2, 0.25) is 0 Å². The van der Waals surface area contributed by atoms with Crippen molar-refractivity contribution in [3.8, 4) is 11.5 Å². The molecule has 84 valence electrons. The maximum atomic E-state index is 13.1. The zero-order chi connectivity index (χ0) is 11.7. The van der Waals surface area contributed by atoms with Crippen molar-refractivity contribution in [2.24, 2.45) is 0 Å². The Balaban J connectivity index is 2.42. The molecule has 1 aromatic carbocycles. The zero-order valence-electron chi connectivity index (χ0n) is 9.07. The summed E-state index contributed by atoms with van der Waals surface area (Å²) in [6.45, 7) is 3.88. The van der Waals surface area contributed by atoms with E-state index in [2.05, 4.69) is 10.2 Å². The van der Waals surface area contributed by atoms with E-state index in [1.807, 2.05) is 13.8 Å². The van der Waals surface area contributed by atoms with E-state index in [-0.39, 0.29) is 11.8 Å². The molecule has 2 aromatic rings. The number of rotatable bonds is 2. The highest BCUT2D eigenvalue weighted by molar-refractivity contribution is 5.59. The molecule has 0 aliphatic rings. The normalized spacial score (nSPS) is 11.0. The van der Waals surface area contributed by atoms with E-state index < -0.39 is 5.82 Å². The minimum Gasteiger partial charge on any atom is -0.420 e. The number of nitrogens with two attached hydrogens (primary N) is 1. The highest BCUT2D eigenvalue weighted by Crippen LogP contribution is 2.23. The minimum absolute atomic E-state index is 0.146. The summed E-state index contributed by atoms with van der Waals surface area (Å²) in [7, 11) is 0. The number of hydrogen-bond acceptors (Lipinski definition) is 4. The summed E-state index contributed by atoms with van der Waals surface area (Å²) >= 11 is 0. The van der Waals surface area contributed by atoms with E-state index in [9.17, 15) is 4.39 Å². The topological polar surface area (TPSA) is 64.9 Å². The number of nitrogens with zero attached hydrogens (tertiary/aromatic N) is 2. The smallest absolute Gasteiger partial charge is 0.247 e. The van der Waals surface area contributed by atoms with Crippen LogP contribution < -0.4 is 5.73 Å². The maximum Gasteiger partial charge on any atom is 0.247 e. The fourth-order valence-electron chi connectivity index (χ4n) is 1.32. The molecule has 0 amide bonds. The van der Waals surface area contributed by atoms with E-state index in [1.165, 1.54) is 12.1 Å². The van der Waals surface area contributed by atoms with Gasteiger partial charge in [-0.25, -0.2) is 4.39 Å². The van der Waals surface area contributed by atoms with Gasteiger partial charge < -0.3 is 10.2 Å². The molecule has 2 N–H and O–H groups in total. The van der Waals surface area contributed by atoms with E-state index in [0.717, 1.165) is 0 Å². The van der Waals surface area contributed by atoms with Crippen LogP contribution in [-0.4, -0.2) is 10.2 Å². The van der Waals surface area contributed by atoms with Crippen LogP contribution in [0.15, 0.2) is 22.6 Å². The van der Waals surface area contributed by atoms with Crippen LogP contribution in [0.5, 0.6) is 0 Å². The summed E-state index contributed by atoms with van der Waals surface area (Å²) in [5.74, 6) is 0.541. The van der Waals surface area contributed by atoms with Crippen LogP contribution in [0.1, 0.15) is 25.7 Å². The Morgan fingerprint density at radius 3 is 2.56 bits per heavy atom. The molecule has 4 nitrogen and oxygen atoms in total. The van der Waals surface area contributed by atoms with Crippen LogP contribution in [0, 0.1) is 5.82 Å². The van der Waals surface area contributed by atoms with Gasteiger partial charge in [0.1, 0.15) is 5.82 Å². The monoisotopic (exact) mass is 221 g/mol. The first-order chi connectivity index (χ1) is 7.56. The Hall–Kier alpha value is -1.91. The van der Waals surface area contributed by atoms with E-state index in [0.29, 0.717) is 17.1 Å². The molecule has 1 aromatic heterocycles. The van der Waals surface area contributed by atoms with Crippen molar-refractivity contribution < 1.29 is 8.81 Å². The molecule has 2 rings (SSSR count). The van der Waals surface area contributed by atoms with Gasteiger partial charge in [-0.3, -0.25) is 0 Å². The summed E-state index contributed by atoms with van der Waals surface area (Å²) in [6, 6.07) is 4.15. The molecule has 16 heavy (non-hydrogen) atoms. The fraction of sp³-hybridized carbons (Fsp3) is 0.273. The fourth-order valence-corrected chi connectivity index (χ4v) is 1.32. The Kier molecular flexibility index (Phi) is 2.60. The number of nitrogen functional groups attached to an aromatic ring is 1. The van der Waals surface area contributed by atoms with Crippen molar-refractivity contribution in [2.45, 2.75) is 19.8 Å². The molecular formula is C11H12FN3O. The first-order valence-electron chi connectivity index (χ1n) is 4.96. The highest BCUT2D eigenvalue weighted by Gasteiger charge is 2.12. The summed E-state index contributed by atoms with van der Waals surface area (Å²) in [6.07, 6.45) is 0. The predicted molar refractivity (Wildman–Crippen MR) is 58.2 cm³/mol. The number of anilines is 1. The molecule has 0 saturated heterocycles. The molecule has 1 heterocycles. The summed E-state index contributed by atoms with van der Waals surface area (Å²) in [4.78, 5) is 0. The third kappa shape index (κ3) is 2.03. The SMILES string of the molecule is CC(C)c1nnc(-c2cc(N)cc(F)c2)o1. The number of halogens is 1. The second kappa shape index (κ2) is 3.92. The van der Waals surface area contributed by atoms with E-state index >= 15 is 0 Å². The highest BCUT2D eigenvalue weighted by atomic mass is 19.1. The number of hydrogen-bond donors (Lipinski definition) is 1. The van der Waals surface area contributed by atoms with Crippen molar-refractivity contribution in [2.75, 3.05) is 5.73 Å². The first kappa shape index (κ1) is 10.6. The first-order valence-corrected chi connectivity index (χ1v) is 4.96. The lowest BCUT2D eigenvalue weighted by atomic mass is 10.2. The van der Waals surface area contributed by atoms with Gasteiger partial charge in [0, 0.05) is 17.2 Å². The lowest BCUT2D eigenvalue weighted by Gasteiger charge is -1.98. The van der Waals surface area contributed by atoms with Gasteiger partial charge in [-0.2, -0.15) is 0 Å². The van der Waals surface area contributed by atoms with Gasteiger partial charge in [0.05, 0.1) is 0 Å². The van der Waals surface area contributed by atoms with Gasteiger partial charge in [-0.05, 0) is 18.2 Å². The number of benzene rings is 1. The van der Waals surface area contributed by atoms with Gasteiger partial charge in [-0.15, -0.1) is 10.2 Å². The van der Waals surface area contributed by atoms with Crippen molar-refractivity contribution in [3.05, 3.63) is 29.9 Å². The molecule has 0 atom stereocenters.